The molecule has 0 radical (unpaired) electrons. The van der Waals surface area contributed by atoms with Gasteiger partial charge < -0.3 is 4.57 Å². The van der Waals surface area contributed by atoms with Gasteiger partial charge in [-0.1, -0.05) is 103 Å². The molecule has 0 bridgehead atoms. The molecule has 0 N–H and O–H groups in total. The summed E-state index contributed by atoms with van der Waals surface area (Å²) in [6.07, 6.45) is 3.75. The first-order chi connectivity index (χ1) is 24.1. The molecule has 0 unspecified atom stereocenters. The van der Waals surface area contributed by atoms with Crippen LogP contribution in [0.25, 0.3) is 83.0 Å². The third kappa shape index (κ3) is 5.17. The van der Waals surface area contributed by atoms with Crippen molar-refractivity contribution < 1.29 is 0 Å². The molecule has 0 aliphatic carbocycles. The molecule has 0 atom stereocenters. The molecule has 0 saturated heterocycles. The van der Waals surface area contributed by atoms with Gasteiger partial charge in [0, 0.05) is 45.4 Å². The number of aryl methyl sites for hydroxylation is 2. The summed E-state index contributed by atoms with van der Waals surface area (Å²) in [4.78, 5) is 9.15. The molecule has 9 aromatic rings. The van der Waals surface area contributed by atoms with Crippen LogP contribution in [0.15, 0.2) is 164 Å². The Labute approximate surface area is 285 Å². The highest BCUT2D eigenvalue weighted by molar-refractivity contribution is 6.19. The first-order valence-corrected chi connectivity index (χ1v) is 16.7. The van der Waals surface area contributed by atoms with E-state index in [0.717, 1.165) is 28.2 Å². The van der Waals surface area contributed by atoms with E-state index in [1.54, 1.807) is 0 Å². The van der Waals surface area contributed by atoms with Crippen LogP contribution in [0.2, 0.25) is 0 Å². The summed E-state index contributed by atoms with van der Waals surface area (Å²) in [7, 11) is 0. The molecule has 0 aliphatic rings. The first kappa shape index (κ1) is 28.9. The highest BCUT2D eigenvalue weighted by atomic mass is 15.0. The lowest BCUT2D eigenvalue weighted by Crippen LogP contribution is -1.94. The Hall–Kier alpha value is -6.32. The van der Waals surface area contributed by atoms with Gasteiger partial charge in [-0.2, -0.15) is 0 Å². The van der Waals surface area contributed by atoms with E-state index >= 15 is 0 Å². The zero-order valence-electron chi connectivity index (χ0n) is 27.4. The second-order valence-electron chi connectivity index (χ2n) is 12.9. The van der Waals surface area contributed by atoms with E-state index in [-0.39, 0.29) is 0 Å². The lowest BCUT2D eigenvalue weighted by molar-refractivity contribution is 1.19. The summed E-state index contributed by atoms with van der Waals surface area (Å²) >= 11 is 0. The number of pyridine rings is 2. The summed E-state index contributed by atoms with van der Waals surface area (Å²) in [5, 5.41) is 4.95. The van der Waals surface area contributed by atoms with Crippen LogP contribution in [-0.4, -0.2) is 14.5 Å². The highest BCUT2D eigenvalue weighted by Gasteiger charge is 2.17. The Bertz CT molecular complexity index is 2650. The van der Waals surface area contributed by atoms with E-state index in [4.69, 9.17) is 0 Å². The minimum atomic E-state index is 0.998. The predicted octanol–water partition coefficient (Wildman–Crippen LogP) is 12.0. The van der Waals surface area contributed by atoms with Gasteiger partial charge in [0.2, 0.25) is 0 Å². The summed E-state index contributed by atoms with van der Waals surface area (Å²) < 4.78 is 2.44. The first-order valence-electron chi connectivity index (χ1n) is 16.7. The number of aromatic nitrogens is 3. The van der Waals surface area contributed by atoms with Crippen molar-refractivity contribution in [1.82, 2.24) is 14.5 Å². The molecule has 0 spiro atoms. The molecule has 9 rings (SSSR count). The second-order valence-corrected chi connectivity index (χ2v) is 12.9. The highest BCUT2D eigenvalue weighted by Crippen LogP contribution is 2.39. The molecule has 49 heavy (non-hydrogen) atoms. The number of para-hydroxylation sites is 1. The number of hydrogen-bond acceptors (Lipinski definition) is 2. The number of fused-ring (bicyclic) bond motifs is 5. The summed E-state index contributed by atoms with van der Waals surface area (Å²) in [5.41, 5.74) is 15.0. The van der Waals surface area contributed by atoms with E-state index in [2.05, 4.69) is 168 Å². The van der Waals surface area contributed by atoms with E-state index in [1.165, 1.54) is 66.0 Å². The molecule has 3 heteroatoms. The molecular weight excluding hydrogens is 595 g/mol. The van der Waals surface area contributed by atoms with Crippen molar-refractivity contribution in [1.29, 1.82) is 0 Å². The maximum atomic E-state index is 4.58. The third-order valence-electron chi connectivity index (χ3n) is 9.62. The molecule has 3 heterocycles. The zero-order chi connectivity index (χ0) is 32.9. The van der Waals surface area contributed by atoms with Crippen LogP contribution >= 0.6 is 0 Å². The van der Waals surface area contributed by atoms with Gasteiger partial charge in [0.25, 0.3) is 0 Å². The Morgan fingerprint density at radius 1 is 0.408 bits per heavy atom. The Kier molecular flexibility index (Phi) is 6.91. The largest absolute Gasteiger partial charge is 0.309 e. The van der Waals surface area contributed by atoms with Gasteiger partial charge in [0.1, 0.15) is 0 Å². The fraction of sp³-hybridized carbons (Fsp3) is 0.0435. The van der Waals surface area contributed by atoms with Crippen LogP contribution in [0, 0.1) is 13.8 Å². The average Bonchev–Trinajstić information content (AvgIpc) is 3.49. The number of benzene rings is 6. The quantitative estimate of drug-likeness (QED) is 0.190. The van der Waals surface area contributed by atoms with Crippen LogP contribution in [-0.2, 0) is 0 Å². The van der Waals surface area contributed by atoms with Gasteiger partial charge in [-0.15, -0.1) is 0 Å². The van der Waals surface area contributed by atoms with Crippen molar-refractivity contribution in [3.05, 3.63) is 175 Å². The Morgan fingerprint density at radius 2 is 0.918 bits per heavy atom. The predicted molar refractivity (Wildman–Crippen MR) is 205 cm³/mol. The van der Waals surface area contributed by atoms with Crippen molar-refractivity contribution in [2.75, 3.05) is 0 Å². The minimum Gasteiger partial charge on any atom is -0.309 e. The SMILES string of the molecule is Cc1ccnc(-c2ccc(-c3ccc4c(ccc5c6ccc(-c7ccc(-c8cc(C)ccn8)cc7)cc6n(-c6ccccc6)c45)c3)cc2)c1. The molecule has 0 amide bonds. The lowest BCUT2D eigenvalue weighted by atomic mass is 9.98. The summed E-state index contributed by atoms with van der Waals surface area (Å²) in [6, 6.07) is 54.8. The Balaban J connectivity index is 1.16. The van der Waals surface area contributed by atoms with Gasteiger partial charge in [0.15, 0.2) is 0 Å². The van der Waals surface area contributed by atoms with Gasteiger partial charge >= 0.3 is 0 Å². The van der Waals surface area contributed by atoms with Crippen molar-refractivity contribution in [3.63, 3.8) is 0 Å². The number of rotatable bonds is 5. The van der Waals surface area contributed by atoms with Crippen LogP contribution in [0.4, 0.5) is 0 Å². The second kappa shape index (κ2) is 11.7. The maximum Gasteiger partial charge on any atom is 0.0704 e. The molecule has 0 saturated carbocycles. The van der Waals surface area contributed by atoms with Crippen molar-refractivity contribution in [2.24, 2.45) is 0 Å². The molecule has 0 fully saturated rings. The molecule has 0 aliphatic heterocycles. The van der Waals surface area contributed by atoms with Crippen molar-refractivity contribution in [3.8, 4) is 50.5 Å². The van der Waals surface area contributed by atoms with E-state index in [9.17, 15) is 0 Å². The third-order valence-corrected chi connectivity index (χ3v) is 9.62. The Morgan fingerprint density at radius 3 is 1.51 bits per heavy atom. The van der Waals surface area contributed by atoms with Gasteiger partial charge in [0.05, 0.1) is 22.4 Å². The molecule has 6 aromatic carbocycles. The normalized spacial score (nSPS) is 11.5. The maximum absolute atomic E-state index is 4.58. The summed E-state index contributed by atoms with van der Waals surface area (Å²) in [5.74, 6) is 0. The van der Waals surface area contributed by atoms with E-state index in [1.807, 2.05) is 24.5 Å². The van der Waals surface area contributed by atoms with Crippen LogP contribution in [0.3, 0.4) is 0 Å². The van der Waals surface area contributed by atoms with Crippen LogP contribution in [0.5, 0.6) is 0 Å². The average molecular weight is 628 g/mol. The number of nitrogens with zero attached hydrogens (tertiary/aromatic N) is 3. The van der Waals surface area contributed by atoms with Gasteiger partial charge in [-0.05, 0) is 101 Å². The van der Waals surface area contributed by atoms with E-state index in [0.29, 0.717) is 0 Å². The standard InChI is InChI=1S/C46H33N3/c1-30-22-24-47-43(26-30)34-12-8-32(9-13-34)36-16-19-40-38(28-36)18-21-42-41-20-17-37(29-45(41)49(46(40)42)39-6-4-3-5-7-39)33-10-14-35(15-11-33)44-27-31(2)23-25-48-44/h3-29H,1-2H3. The fourth-order valence-corrected chi connectivity index (χ4v) is 7.10. The van der Waals surface area contributed by atoms with Crippen molar-refractivity contribution in [2.45, 2.75) is 13.8 Å². The molecule has 3 nitrogen and oxygen atoms in total. The fourth-order valence-electron chi connectivity index (χ4n) is 7.10. The minimum absolute atomic E-state index is 0.998. The smallest absolute Gasteiger partial charge is 0.0704 e. The number of hydrogen-bond donors (Lipinski definition) is 0. The van der Waals surface area contributed by atoms with Crippen LogP contribution in [0.1, 0.15) is 11.1 Å². The summed E-state index contributed by atoms with van der Waals surface area (Å²) in [6.45, 7) is 4.21. The molecular formula is C46H33N3. The topological polar surface area (TPSA) is 30.7 Å². The molecule has 3 aromatic heterocycles. The molecule has 232 valence electrons. The lowest BCUT2D eigenvalue weighted by Gasteiger charge is -2.12. The van der Waals surface area contributed by atoms with E-state index < -0.39 is 0 Å². The van der Waals surface area contributed by atoms with Gasteiger partial charge in [-0.3, -0.25) is 9.97 Å². The van der Waals surface area contributed by atoms with Crippen molar-refractivity contribution >= 4 is 32.6 Å². The monoisotopic (exact) mass is 627 g/mol. The zero-order valence-corrected chi connectivity index (χ0v) is 27.4. The van der Waals surface area contributed by atoms with Gasteiger partial charge in [-0.25, -0.2) is 0 Å². The van der Waals surface area contributed by atoms with Crippen LogP contribution < -0.4 is 0 Å².